The van der Waals surface area contributed by atoms with Crippen LogP contribution in [-0.2, 0) is 14.3 Å². The first-order valence-corrected chi connectivity index (χ1v) is 16.8. The molecule has 0 saturated carbocycles. The number of hydrogen-bond acceptors (Lipinski definition) is 6. The topological polar surface area (TPSA) is 99.1 Å². The number of amides is 2. The van der Waals surface area contributed by atoms with Crippen molar-refractivity contribution in [3.63, 3.8) is 0 Å². The van der Waals surface area contributed by atoms with Crippen molar-refractivity contribution in [2.45, 2.75) is 50.1 Å². The number of methoxy groups -OCH3 is 1. The van der Waals surface area contributed by atoms with Crippen molar-refractivity contribution >= 4 is 41.0 Å². The van der Waals surface area contributed by atoms with Crippen LogP contribution in [0.1, 0.15) is 41.5 Å². The third kappa shape index (κ3) is 10.5. The number of anilines is 1. The Balaban J connectivity index is 0.000000359. The van der Waals surface area contributed by atoms with Gasteiger partial charge in [0.1, 0.15) is 28.8 Å². The van der Waals surface area contributed by atoms with E-state index in [1.165, 1.54) is 24.1 Å². The van der Waals surface area contributed by atoms with E-state index in [9.17, 15) is 27.2 Å². The van der Waals surface area contributed by atoms with Crippen molar-refractivity contribution in [2.24, 2.45) is 0 Å². The van der Waals surface area contributed by atoms with Gasteiger partial charge in [0.15, 0.2) is 0 Å². The minimum absolute atomic E-state index is 0.0419. The zero-order chi connectivity index (χ0) is 34.4. The average Bonchev–Trinajstić information content (AvgIpc) is 3.70. The molecule has 2 amide bonds. The molecule has 0 spiro atoms. The maximum absolute atomic E-state index is 14.5. The molecular weight excluding hydrogens is 720 g/mol. The molecule has 3 heterocycles. The fourth-order valence-electron chi connectivity index (χ4n) is 4.89. The average molecular weight is 758 g/mol. The minimum atomic E-state index is -2.74. The SMILES string of the molecule is CNC=O.COc1cc(F)c(C2CC(=O)N(c3c(C)ccn(C4CCOC4)c3=O)C2)c(F)c1.Cc1ccc(OC(F)F)cc1.[CH3][Sb]. The molecule has 3 aromatic rings. The molecule has 2 aromatic carbocycles. The second-order valence-electron chi connectivity index (χ2n) is 10.1. The van der Waals surface area contributed by atoms with E-state index >= 15 is 0 Å². The Morgan fingerprint density at radius 3 is 2.15 bits per heavy atom. The molecule has 2 aliphatic rings. The van der Waals surface area contributed by atoms with E-state index in [0.29, 0.717) is 25.2 Å². The van der Waals surface area contributed by atoms with Gasteiger partial charge < -0.3 is 29.0 Å². The number of carbonyl (C=O) groups is 2. The van der Waals surface area contributed by atoms with Gasteiger partial charge in [-0.05, 0) is 44.0 Å². The number of nitrogens with one attached hydrogen (secondary N) is 1. The first-order valence-electron chi connectivity index (χ1n) is 14.2. The summed E-state index contributed by atoms with van der Waals surface area (Å²) in [5, 5.41) is 2.25. The summed E-state index contributed by atoms with van der Waals surface area (Å²) in [6, 6.07) is 10.4. The summed E-state index contributed by atoms with van der Waals surface area (Å²) >= 11 is 1.75. The molecule has 1 aromatic heterocycles. The van der Waals surface area contributed by atoms with Crippen LogP contribution in [0.2, 0.25) is 4.87 Å². The normalized spacial score (nSPS) is 16.8. The standard InChI is InChI=1S/C21H22F2N2O4.C8H8F2O.C2H5NO.CH3.Sb/c1-12-3-5-24(14-4-6-29-11-14)21(27)20(12)25-10-13(7-18(25)26)19-16(22)8-15(28-2)9-17(19)23;1-6-2-4-7(5-3-6)11-8(9)10;1-3-2-4;;/h3,5,8-9,13-14H,4,6-7,10-11H2,1-2H3;2-5,8H,1H3;2H,1H3,(H,3,4);1H3;. The van der Waals surface area contributed by atoms with Crippen LogP contribution in [0.5, 0.6) is 11.5 Å². The van der Waals surface area contributed by atoms with Crippen molar-refractivity contribution in [2.75, 3.05) is 38.8 Å². The first kappa shape index (κ1) is 38.6. The first-order chi connectivity index (χ1) is 22.0. The quantitative estimate of drug-likeness (QED) is 0.205. The summed E-state index contributed by atoms with van der Waals surface area (Å²) in [4.78, 5) is 38.3. The van der Waals surface area contributed by atoms with Gasteiger partial charge in [-0.2, -0.15) is 8.78 Å². The second kappa shape index (κ2) is 19.2. The van der Waals surface area contributed by atoms with Crippen LogP contribution in [0.25, 0.3) is 0 Å². The van der Waals surface area contributed by atoms with Gasteiger partial charge in [-0.15, -0.1) is 0 Å². The van der Waals surface area contributed by atoms with Crippen molar-refractivity contribution in [3.8, 4) is 11.5 Å². The van der Waals surface area contributed by atoms with Gasteiger partial charge in [0.2, 0.25) is 12.3 Å². The number of benzene rings is 2. The van der Waals surface area contributed by atoms with Crippen LogP contribution in [0.15, 0.2) is 53.5 Å². The second-order valence-corrected chi connectivity index (χ2v) is 10.1. The molecule has 2 saturated heterocycles. The van der Waals surface area contributed by atoms with E-state index in [1.807, 2.05) is 6.92 Å². The van der Waals surface area contributed by atoms with E-state index in [1.54, 1.807) is 66.0 Å². The molecule has 1 N–H and O–H groups in total. The number of carbonyl (C=O) groups excluding carboxylic acids is 2. The van der Waals surface area contributed by atoms with Gasteiger partial charge in [0.05, 0.1) is 19.8 Å². The van der Waals surface area contributed by atoms with Gasteiger partial charge in [0.25, 0.3) is 5.56 Å². The molecule has 2 aliphatic heterocycles. The monoisotopic (exact) mass is 757 g/mol. The zero-order valence-corrected chi connectivity index (χ0v) is 28.8. The Labute approximate surface area is 279 Å². The number of hydrogen-bond donors (Lipinski definition) is 1. The number of rotatable bonds is 7. The molecular formula is C32H38F4N3O6Sb. The number of alkyl halides is 2. The summed E-state index contributed by atoms with van der Waals surface area (Å²) in [6.45, 7) is 1.97. The van der Waals surface area contributed by atoms with Crippen LogP contribution >= 0.6 is 0 Å². The van der Waals surface area contributed by atoms with Crippen LogP contribution in [-0.4, -0.2) is 80.4 Å². The predicted molar refractivity (Wildman–Crippen MR) is 167 cm³/mol. The Hall–Kier alpha value is -3.57. The molecule has 2 radical (unpaired) electrons. The Kier molecular flexibility index (Phi) is 16.1. The fraction of sp³-hybridized carbons (Fsp3) is 0.406. The Morgan fingerprint density at radius 2 is 1.65 bits per heavy atom. The van der Waals surface area contributed by atoms with Gasteiger partial charge in [-0.1, -0.05) is 17.7 Å². The number of halogens is 4. The molecule has 0 aliphatic carbocycles. The zero-order valence-electron chi connectivity index (χ0n) is 26.3. The van der Waals surface area contributed by atoms with E-state index < -0.39 is 24.2 Å². The molecule has 2 atom stereocenters. The third-order valence-electron chi connectivity index (χ3n) is 7.05. The molecule has 250 valence electrons. The van der Waals surface area contributed by atoms with Crippen LogP contribution in [0, 0.1) is 25.5 Å². The van der Waals surface area contributed by atoms with E-state index in [-0.39, 0.29) is 53.2 Å². The summed E-state index contributed by atoms with van der Waals surface area (Å²) in [5.74, 6) is -2.25. The maximum atomic E-state index is 14.5. The van der Waals surface area contributed by atoms with Crippen LogP contribution in [0.4, 0.5) is 23.2 Å². The van der Waals surface area contributed by atoms with Gasteiger partial charge in [-0.3, -0.25) is 14.4 Å². The Morgan fingerprint density at radius 1 is 1.04 bits per heavy atom. The molecule has 5 rings (SSSR count). The summed E-state index contributed by atoms with van der Waals surface area (Å²) in [6.07, 6.45) is 2.99. The predicted octanol–water partition coefficient (Wildman–Crippen LogP) is 5.09. The van der Waals surface area contributed by atoms with E-state index in [2.05, 4.69) is 14.9 Å². The summed E-state index contributed by atoms with van der Waals surface area (Å²) < 4.78 is 68.2. The number of ether oxygens (including phenoxy) is 3. The number of aromatic nitrogens is 1. The van der Waals surface area contributed by atoms with Crippen molar-refractivity contribution in [1.82, 2.24) is 9.88 Å². The molecule has 2 fully saturated rings. The van der Waals surface area contributed by atoms with Crippen molar-refractivity contribution in [1.29, 1.82) is 0 Å². The van der Waals surface area contributed by atoms with E-state index in [0.717, 1.165) is 24.1 Å². The van der Waals surface area contributed by atoms with Crippen molar-refractivity contribution in [3.05, 3.63) is 87.3 Å². The number of pyridine rings is 1. The van der Waals surface area contributed by atoms with Crippen molar-refractivity contribution < 1.29 is 41.4 Å². The Bertz CT molecular complexity index is 1460. The molecule has 0 bridgehead atoms. The van der Waals surface area contributed by atoms with Crippen LogP contribution < -0.4 is 25.2 Å². The summed E-state index contributed by atoms with van der Waals surface area (Å²) in [5.41, 5.74) is 1.49. The summed E-state index contributed by atoms with van der Waals surface area (Å²) in [7, 11) is 2.89. The fourth-order valence-corrected chi connectivity index (χ4v) is 4.89. The van der Waals surface area contributed by atoms with E-state index in [4.69, 9.17) is 14.3 Å². The third-order valence-corrected chi connectivity index (χ3v) is 7.05. The van der Waals surface area contributed by atoms with Gasteiger partial charge in [0, 0.05) is 56.4 Å². The molecule has 2 unspecified atom stereocenters. The number of aryl methyl sites for hydroxylation is 2. The number of nitrogens with zero attached hydrogens (tertiary/aromatic N) is 2. The van der Waals surface area contributed by atoms with Crippen LogP contribution in [0.3, 0.4) is 0 Å². The molecule has 14 heteroatoms. The molecule has 46 heavy (non-hydrogen) atoms. The van der Waals surface area contributed by atoms with Gasteiger partial charge in [-0.25, -0.2) is 8.78 Å². The molecule has 9 nitrogen and oxygen atoms in total. The van der Waals surface area contributed by atoms with Gasteiger partial charge >= 0.3 is 34.5 Å².